The van der Waals surface area contributed by atoms with Crippen LogP contribution in [-0.4, -0.2) is 33.3 Å². The molecule has 0 fully saturated rings. The van der Waals surface area contributed by atoms with E-state index in [1.54, 1.807) is 19.1 Å². The summed E-state index contributed by atoms with van der Waals surface area (Å²) in [6.45, 7) is 1.60. The Morgan fingerprint density at radius 3 is 2.00 bits per heavy atom. The summed E-state index contributed by atoms with van der Waals surface area (Å²) in [5.74, 6) is 1.12. The summed E-state index contributed by atoms with van der Waals surface area (Å²) in [7, 11) is 4.53. The van der Waals surface area contributed by atoms with E-state index in [1.807, 2.05) is 0 Å². The minimum absolute atomic E-state index is 0.288. The lowest BCUT2D eigenvalue weighted by atomic mass is 10.2. The van der Waals surface area contributed by atoms with Crippen LogP contribution in [0.2, 0.25) is 0 Å². The fourth-order valence-electron chi connectivity index (χ4n) is 1.41. The van der Waals surface area contributed by atoms with Gasteiger partial charge in [-0.1, -0.05) is 0 Å². The van der Waals surface area contributed by atoms with E-state index < -0.39 is 6.04 Å². The maximum atomic E-state index is 11.5. The summed E-state index contributed by atoms with van der Waals surface area (Å²) in [6, 6.07) is 2.69. The number of carbonyl (C=O) groups is 1. The van der Waals surface area contributed by atoms with E-state index in [4.69, 9.17) is 19.9 Å². The molecule has 1 aromatic carbocycles. The standard InChI is InChI=1S/C12H18N2O4/c1-7(13)12(15)14-8-5-9(16-2)11(18-4)10(6-8)17-3/h5-7H,13H2,1-4H3,(H,14,15)/t7-/m0/s1. The second-order valence-corrected chi connectivity index (χ2v) is 3.69. The molecule has 0 spiro atoms. The van der Waals surface area contributed by atoms with Crippen molar-refractivity contribution in [2.75, 3.05) is 26.6 Å². The lowest BCUT2D eigenvalue weighted by molar-refractivity contribution is -0.117. The highest BCUT2D eigenvalue weighted by Gasteiger charge is 2.15. The summed E-state index contributed by atoms with van der Waals surface area (Å²) in [5, 5.41) is 2.66. The van der Waals surface area contributed by atoms with Crippen LogP contribution in [0.4, 0.5) is 5.69 Å². The topological polar surface area (TPSA) is 82.8 Å². The molecular weight excluding hydrogens is 236 g/mol. The first-order valence-corrected chi connectivity index (χ1v) is 5.40. The number of benzene rings is 1. The Balaban J connectivity index is 3.11. The molecule has 6 heteroatoms. The second-order valence-electron chi connectivity index (χ2n) is 3.69. The van der Waals surface area contributed by atoms with Crippen LogP contribution >= 0.6 is 0 Å². The van der Waals surface area contributed by atoms with E-state index in [0.29, 0.717) is 22.9 Å². The Morgan fingerprint density at radius 1 is 1.17 bits per heavy atom. The molecule has 0 bridgehead atoms. The normalized spacial score (nSPS) is 11.6. The molecule has 0 saturated carbocycles. The van der Waals surface area contributed by atoms with Crippen LogP contribution in [0.3, 0.4) is 0 Å². The smallest absolute Gasteiger partial charge is 0.241 e. The van der Waals surface area contributed by atoms with Crippen molar-refractivity contribution in [1.29, 1.82) is 0 Å². The van der Waals surface area contributed by atoms with E-state index >= 15 is 0 Å². The number of methoxy groups -OCH3 is 3. The molecule has 6 nitrogen and oxygen atoms in total. The molecule has 0 aliphatic rings. The van der Waals surface area contributed by atoms with Gasteiger partial charge < -0.3 is 25.3 Å². The van der Waals surface area contributed by atoms with Gasteiger partial charge in [-0.2, -0.15) is 0 Å². The van der Waals surface area contributed by atoms with Gasteiger partial charge in [-0.3, -0.25) is 4.79 Å². The fraction of sp³-hybridized carbons (Fsp3) is 0.417. The summed E-state index contributed by atoms with van der Waals surface area (Å²) < 4.78 is 15.5. The Kier molecular flexibility index (Phi) is 4.79. The fourth-order valence-corrected chi connectivity index (χ4v) is 1.41. The Morgan fingerprint density at radius 2 is 1.67 bits per heavy atom. The summed E-state index contributed by atoms with van der Waals surface area (Å²) in [5.41, 5.74) is 6.02. The van der Waals surface area contributed by atoms with Gasteiger partial charge in [-0.05, 0) is 6.92 Å². The summed E-state index contributed by atoms with van der Waals surface area (Å²) in [6.07, 6.45) is 0. The van der Waals surface area contributed by atoms with Crippen LogP contribution in [-0.2, 0) is 4.79 Å². The number of nitrogens with one attached hydrogen (secondary N) is 1. The predicted octanol–water partition coefficient (Wildman–Crippen LogP) is 0.998. The van der Waals surface area contributed by atoms with Gasteiger partial charge in [-0.25, -0.2) is 0 Å². The molecule has 0 aliphatic carbocycles. The zero-order chi connectivity index (χ0) is 13.7. The number of anilines is 1. The number of hydrogen-bond donors (Lipinski definition) is 2. The molecule has 0 radical (unpaired) electrons. The van der Waals surface area contributed by atoms with Gasteiger partial charge in [0.15, 0.2) is 11.5 Å². The first-order valence-electron chi connectivity index (χ1n) is 5.40. The van der Waals surface area contributed by atoms with Crippen molar-refractivity contribution in [3.63, 3.8) is 0 Å². The highest BCUT2D eigenvalue weighted by Crippen LogP contribution is 2.39. The number of hydrogen-bond acceptors (Lipinski definition) is 5. The zero-order valence-corrected chi connectivity index (χ0v) is 10.9. The van der Waals surface area contributed by atoms with Gasteiger partial charge in [0, 0.05) is 17.8 Å². The molecule has 1 rings (SSSR count). The molecule has 1 amide bonds. The van der Waals surface area contributed by atoms with Crippen LogP contribution in [0.1, 0.15) is 6.92 Å². The zero-order valence-electron chi connectivity index (χ0n) is 10.9. The average molecular weight is 254 g/mol. The van der Waals surface area contributed by atoms with Gasteiger partial charge in [0.05, 0.1) is 27.4 Å². The highest BCUT2D eigenvalue weighted by molar-refractivity contribution is 5.95. The van der Waals surface area contributed by atoms with Crippen LogP contribution in [0, 0.1) is 0 Å². The molecule has 0 heterocycles. The van der Waals surface area contributed by atoms with E-state index in [1.165, 1.54) is 21.3 Å². The third kappa shape index (κ3) is 3.04. The van der Waals surface area contributed by atoms with Crippen molar-refractivity contribution in [2.24, 2.45) is 5.73 Å². The van der Waals surface area contributed by atoms with Crippen LogP contribution in [0.5, 0.6) is 17.2 Å². The Bertz CT molecular complexity index is 407. The van der Waals surface area contributed by atoms with Crippen molar-refractivity contribution in [3.05, 3.63) is 12.1 Å². The van der Waals surface area contributed by atoms with Crippen molar-refractivity contribution in [1.82, 2.24) is 0 Å². The van der Waals surface area contributed by atoms with E-state index in [9.17, 15) is 4.79 Å². The molecule has 0 aromatic heterocycles. The molecule has 100 valence electrons. The van der Waals surface area contributed by atoms with E-state index in [-0.39, 0.29) is 5.91 Å². The summed E-state index contributed by atoms with van der Waals surface area (Å²) in [4.78, 5) is 11.5. The van der Waals surface area contributed by atoms with Gasteiger partial charge in [0.1, 0.15) is 0 Å². The predicted molar refractivity (Wildman–Crippen MR) is 68.4 cm³/mol. The minimum atomic E-state index is -0.593. The average Bonchev–Trinajstić information content (AvgIpc) is 2.37. The monoisotopic (exact) mass is 254 g/mol. The minimum Gasteiger partial charge on any atom is -0.493 e. The molecular formula is C12H18N2O4. The quantitative estimate of drug-likeness (QED) is 0.819. The van der Waals surface area contributed by atoms with Crippen molar-refractivity contribution < 1.29 is 19.0 Å². The SMILES string of the molecule is COc1cc(NC(=O)[C@H](C)N)cc(OC)c1OC. The third-order valence-electron chi connectivity index (χ3n) is 2.35. The number of amides is 1. The Labute approximate surface area is 106 Å². The first-order chi connectivity index (χ1) is 8.53. The van der Waals surface area contributed by atoms with Crippen LogP contribution in [0.25, 0.3) is 0 Å². The lowest BCUT2D eigenvalue weighted by Crippen LogP contribution is -2.32. The molecule has 0 unspecified atom stereocenters. The Hall–Kier alpha value is -1.95. The summed E-state index contributed by atoms with van der Waals surface area (Å²) >= 11 is 0. The van der Waals surface area contributed by atoms with Crippen molar-refractivity contribution >= 4 is 11.6 Å². The molecule has 0 saturated heterocycles. The number of carbonyl (C=O) groups excluding carboxylic acids is 1. The van der Waals surface area contributed by atoms with Crippen molar-refractivity contribution in [2.45, 2.75) is 13.0 Å². The number of nitrogens with two attached hydrogens (primary N) is 1. The largest absolute Gasteiger partial charge is 0.493 e. The maximum absolute atomic E-state index is 11.5. The highest BCUT2D eigenvalue weighted by atomic mass is 16.5. The van der Waals surface area contributed by atoms with Gasteiger partial charge in [-0.15, -0.1) is 0 Å². The molecule has 0 aliphatic heterocycles. The molecule has 1 aromatic rings. The maximum Gasteiger partial charge on any atom is 0.241 e. The van der Waals surface area contributed by atoms with Gasteiger partial charge in [0.25, 0.3) is 0 Å². The molecule has 1 atom stereocenters. The number of ether oxygens (including phenoxy) is 3. The van der Waals surface area contributed by atoms with Crippen molar-refractivity contribution in [3.8, 4) is 17.2 Å². The van der Waals surface area contributed by atoms with Gasteiger partial charge in [0.2, 0.25) is 11.7 Å². The molecule has 18 heavy (non-hydrogen) atoms. The second kappa shape index (κ2) is 6.11. The first kappa shape index (κ1) is 14.1. The lowest BCUT2D eigenvalue weighted by Gasteiger charge is -2.15. The number of rotatable bonds is 5. The van der Waals surface area contributed by atoms with Gasteiger partial charge >= 0.3 is 0 Å². The van der Waals surface area contributed by atoms with E-state index in [0.717, 1.165) is 0 Å². The van der Waals surface area contributed by atoms with Crippen LogP contribution in [0.15, 0.2) is 12.1 Å². The van der Waals surface area contributed by atoms with Crippen LogP contribution < -0.4 is 25.3 Å². The van der Waals surface area contributed by atoms with E-state index in [2.05, 4.69) is 5.32 Å². The molecule has 3 N–H and O–H groups in total. The third-order valence-corrected chi connectivity index (χ3v) is 2.35.